The third kappa shape index (κ3) is 1.56. The minimum atomic E-state index is -0.559. The van der Waals surface area contributed by atoms with Crippen LogP contribution in [0.5, 0.6) is 0 Å². The zero-order valence-electron chi connectivity index (χ0n) is 8.92. The largest absolute Gasteiger partial charge is 0.230 e. The molecule has 0 radical (unpaired) electrons. The van der Waals surface area contributed by atoms with Crippen molar-refractivity contribution in [2.45, 2.75) is 0 Å². The van der Waals surface area contributed by atoms with Gasteiger partial charge in [-0.25, -0.2) is 14.4 Å². The summed E-state index contributed by atoms with van der Waals surface area (Å²) in [5.74, 6) is -0.559. The molecule has 0 aliphatic heterocycles. The smallest absolute Gasteiger partial charge is 0.221 e. The molecule has 0 atom stereocenters. The Kier molecular flexibility index (Phi) is 2.20. The average Bonchev–Trinajstić information content (AvgIpc) is 2.86. The molecule has 0 amide bonds. The van der Waals surface area contributed by atoms with E-state index in [2.05, 4.69) is 25.4 Å². The van der Waals surface area contributed by atoms with Gasteiger partial charge in [-0.05, 0) is 18.2 Å². The second kappa shape index (κ2) is 3.85. The van der Waals surface area contributed by atoms with E-state index in [1.165, 1.54) is 24.4 Å². The van der Waals surface area contributed by atoms with Gasteiger partial charge in [0.2, 0.25) is 11.3 Å². The zero-order chi connectivity index (χ0) is 12.5. The van der Waals surface area contributed by atoms with E-state index >= 15 is 0 Å². The van der Waals surface area contributed by atoms with Crippen LogP contribution in [-0.2, 0) is 0 Å². The summed E-state index contributed by atoms with van der Waals surface area (Å²) in [6.07, 6.45) is 1.50. The Morgan fingerprint density at radius 1 is 1.22 bits per heavy atom. The van der Waals surface area contributed by atoms with Crippen molar-refractivity contribution in [1.82, 2.24) is 25.4 Å². The van der Waals surface area contributed by atoms with Crippen LogP contribution in [0.15, 0.2) is 24.4 Å². The van der Waals surface area contributed by atoms with Gasteiger partial charge in [-0.3, -0.25) is 0 Å². The van der Waals surface area contributed by atoms with E-state index < -0.39 is 5.82 Å². The average molecular weight is 240 g/mol. The molecule has 0 aliphatic rings. The molecule has 3 rings (SSSR count). The summed E-state index contributed by atoms with van der Waals surface area (Å²) in [6.45, 7) is 0. The highest BCUT2D eigenvalue weighted by Gasteiger charge is 2.08. The summed E-state index contributed by atoms with van der Waals surface area (Å²) in [6, 6.07) is 5.96. The molecule has 18 heavy (non-hydrogen) atoms. The molecule has 0 aliphatic carbocycles. The maximum atomic E-state index is 13.2. The van der Waals surface area contributed by atoms with Gasteiger partial charge in [0, 0.05) is 5.56 Å². The Hall–Kier alpha value is -2.88. The third-order valence-corrected chi connectivity index (χ3v) is 2.43. The molecule has 0 unspecified atom stereocenters. The van der Waals surface area contributed by atoms with E-state index in [1.807, 2.05) is 0 Å². The minimum absolute atomic E-state index is 0.0328. The van der Waals surface area contributed by atoms with E-state index in [9.17, 15) is 4.39 Å². The van der Waals surface area contributed by atoms with Gasteiger partial charge in [-0.2, -0.15) is 10.5 Å². The maximum Gasteiger partial charge on any atom is 0.221 e. The Morgan fingerprint density at radius 2 is 2.06 bits per heavy atom. The van der Waals surface area contributed by atoms with Crippen LogP contribution >= 0.6 is 0 Å². The summed E-state index contributed by atoms with van der Waals surface area (Å²) in [7, 11) is 0. The molecule has 2 heterocycles. The zero-order valence-corrected chi connectivity index (χ0v) is 8.92. The normalized spacial score (nSPS) is 10.4. The highest BCUT2D eigenvalue weighted by atomic mass is 19.1. The predicted octanol–water partition coefficient (Wildman–Crippen LogP) is 1.43. The molecule has 0 saturated carbocycles. The summed E-state index contributed by atoms with van der Waals surface area (Å²) < 4.78 is 13.2. The SMILES string of the molecule is N#Cc1cc(-c2cnc3n[nH]nc3n2)ccc1F. The van der Waals surface area contributed by atoms with Crippen molar-refractivity contribution in [3.63, 3.8) is 0 Å². The molecule has 86 valence electrons. The van der Waals surface area contributed by atoms with Crippen molar-refractivity contribution in [2.75, 3.05) is 0 Å². The molecule has 0 bridgehead atoms. The molecule has 0 spiro atoms. The number of aromatic nitrogens is 5. The minimum Gasteiger partial charge on any atom is -0.230 e. The maximum absolute atomic E-state index is 13.2. The van der Waals surface area contributed by atoms with Crippen LogP contribution in [0.4, 0.5) is 4.39 Å². The van der Waals surface area contributed by atoms with Crippen LogP contribution in [0.3, 0.4) is 0 Å². The number of rotatable bonds is 1. The number of nitrogens with one attached hydrogen (secondary N) is 1. The number of hydrogen-bond donors (Lipinski definition) is 1. The van der Waals surface area contributed by atoms with Crippen molar-refractivity contribution in [3.05, 3.63) is 35.8 Å². The van der Waals surface area contributed by atoms with Gasteiger partial charge in [0.15, 0.2) is 0 Å². The van der Waals surface area contributed by atoms with Gasteiger partial charge in [0.1, 0.15) is 11.9 Å². The fourth-order valence-electron chi connectivity index (χ4n) is 1.56. The van der Waals surface area contributed by atoms with Crippen LogP contribution in [0, 0.1) is 17.1 Å². The first-order chi connectivity index (χ1) is 8.78. The van der Waals surface area contributed by atoms with Crippen molar-refractivity contribution < 1.29 is 4.39 Å². The number of aromatic amines is 1. The Morgan fingerprint density at radius 3 is 2.89 bits per heavy atom. The number of benzene rings is 1. The van der Waals surface area contributed by atoms with E-state index in [-0.39, 0.29) is 5.56 Å². The monoisotopic (exact) mass is 240 g/mol. The summed E-state index contributed by atoms with van der Waals surface area (Å²) in [5, 5.41) is 18.8. The molecule has 2 aromatic heterocycles. The second-order valence-electron chi connectivity index (χ2n) is 3.53. The van der Waals surface area contributed by atoms with Gasteiger partial charge in [0.05, 0.1) is 17.5 Å². The van der Waals surface area contributed by atoms with Gasteiger partial charge >= 0.3 is 0 Å². The quantitative estimate of drug-likeness (QED) is 0.694. The van der Waals surface area contributed by atoms with Crippen molar-refractivity contribution in [1.29, 1.82) is 5.26 Å². The van der Waals surface area contributed by atoms with Crippen LogP contribution in [0.2, 0.25) is 0 Å². The Labute approximate surface area is 100 Å². The highest BCUT2D eigenvalue weighted by molar-refractivity contribution is 5.69. The first-order valence-corrected chi connectivity index (χ1v) is 5.01. The summed E-state index contributed by atoms with van der Waals surface area (Å²) >= 11 is 0. The lowest BCUT2D eigenvalue weighted by molar-refractivity contribution is 0.624. The van der Waals surface area contributed by atoms with E-state index in [1.54, 1.807) is 6.07 Å². The fourth-order valence-corrected chi connectivity index (χ4v) is 1.56. The Bertz CT molecular complexity index is 773. The number of nitriles is 1. The van der Waals surface area contributed by atoms with Crippen LogP contribution in [0.1, 0.15) is 5.56 Å². The molecule has 0 saturated heterocycles. The standard InChI is InChI=1S/C11H5FN6/c12-8-2-1-6(3-7(8)4-13)9-5-14-10-11(15-9)17-18-16-10/h1-3,5H,(H,14,15,16,17,18). The molecule has 1 N–H and O–H groups in total. The molecule has 1 aromatic carbocycles. The number of halogens is 1. The van der Waals surface area contributed by atoms with Crippen molar-refractivity contribution in [3.8, 4) is 17.3 Å². The van der Waals surface area contributed by atoms with Gasteiger partial charge in [-0.1, -0.05) is 0 Å². The fraction of sp³-hybridized carbons (Fsp3) is 0. The topological polar surface area (TPSA) is 91.1 Å². The lowest BCUT2D eigenvalue weighted by atomic mass is 10.1. The molecule has 6 nitrogen and oxygen atoms in total. The van der Waals surface area contributed by atoms with Gasteiger partial charge < -0.3 is 0 Å². The number of hydrogen-bond acceptors (Lipinski definition) is 5. The first kappa shape index (κ1) is 10.3. The van der Waals surface area contributed by atoms with Crippen molar-refractivity contribution >= 4 is 11.3 Å². The van der Waals surface area contributed by atoms with E-state index in [0.29, 0.717) is 22.6 Å². The number of nitrogens with zero attached hydrogens (tertiary/aromatic N) is 5. The predicted molar refractivity (Wildman–Crippen MR) is 59.6 cm³/mol. The number of H-pyrrole nitrogens is 1. The lowest BCUT2D eigenvalue weighted by Gasteiger charge is -2.00. The molecular weight excluding hydrogens is 235 g/mol. The number of fused-ring (bicyclic) bond motifs is 1. The molecule has 0 fully saturated rings. The highest BCUT2D eigenvalue weighted by Crippen LogP contribution is 2.20. The van der Waals surface area contributed by atoms with Gasteiger partial charge in [0.25, 0.3) is 0 Å². The van der Waals surface area contributed by atoms with Crippen LogP contribution in [-0.4, -0.2) is 25.4 Å². The van der Waals surface area contributed by atoms with Crippen LogP contribution < -0.4 is 0 Å². The molecule has 3 aromatic rings. The van der Waals surface area contributed by atoms with E-state index in [4.69, 9.17) is 5.26 Å². The van der Waals surface area contributed by atoms with Crippen molar-refractivity contribution in [2.24, 2.45) is 0 Å². The lowest BCUT2D eigenvalue weighted by Crippen LogP contribution is -1.90. The molecule has 7 heteroatoms. The summed E-state index contributed by atoms with van der Waals surface area (Å²) in [5.41, 5.74) is 1.85. The summed E-state index contributed by atoms with van der Waals surface area (Å²) in [4.78, 5) is 8.26. The van der Waals surface area contributed by atoms with E-state index in [0.717, 1.165) is 0 Å². The second-order valence-corrected chi connectivity index (χ2v) is 3.53. The third-order valence-electron chi connectivity index (χ3n) is 2.43. The Balaban J connectivity index is 2.16. The molecular formula is C11H5FN6. The van der Waals surface area contributed by atoms with Gasteiger partial charge in [-0.15, -0.1) is 10.2 Å². The van der Waals surface area contributed by atoms with Crippen LogP contribution in [0.25, 0.3) is 22.6 Å². The first-order valence-electron chi connectivity index (χ1n) is 5.01.